The Morgan fingerprint density at radius 2 is 2.06 bits per heavy atom. The van der Waals surface area contributed by atoms with Crippen molar-refractivity contribution in [2.75, 3.05) is 16.6 Å². The number of anilines is 1. The summed E-state index contributed by atoms with van der Waals surface area (Å²) in [5, 5.41) is 0. The summed E-state index contributed by atoms with van der Waals surface area (Å²) in [7, 11) is -3.14. The van der Waals surface area contributed by atoms with Gasteiger partial charge in [-0.15, -0.1) is 0 Å². The lowest BCUT2D eigenvalue weighted by Crippen LogP contribution is -2.25. The second kappa shape index (κ2) is 4.85. The van der Waals surface area contributed by atoms with Crippen LogP contribution < -0.4 is 10.0 Å². The standard InChI is InChI=1S/C12H16N2O2S2/c1-9-7-14(18(15,16)8-9)11-4-2-10(3-5-11)6-12(13)17/h2-5,9H,6-8H2,1H3,(H2,13,17). The van der Waals surface area contributed by atoms with Gasteiger partial charge in [-0.1, -0.05) is 31.3 Å². The van der Waals surface area contributed by atoms with E-state index in [1.165, 1.54) is 4.31 Å². The molecule has 1 aliphatic rings. The van der Waals surface area contributed by atoms with E-state index >= 15 is 0 Å². The van der Waals surface area contributed by atoms with Crippen LogP contribution in [-0.2, 0) is 16.4 Å². The lowest BCUT2D eigenvalue weighted by Gasteiger charge is -2.17. The molecule has 2 N–H and O–H groups in total. The highest BCUT2D eigenvalue weighted by molar-refractivity contribution is 7.93. The molecule has 18 heavy (non-hydrogen) atoms. The molecule has 0 spiro atoms. The minimum atomic E-state index is -3.14. The van der Waals surface area contributed by atoms with E-state index in [2.05, 4.69) is 0 Å². The molecule has 0 saturated carbocycles. The molecule has 2 rings (SSSR count). The summed E-state index contributed by atoms with van der Waals surface area (Å²) >= 11 is 4.84. The number of sulfonamides is 1. The summed E-state index contributed by atoms with van der Waals surface area (Å²) in [6.45, 7) is 2.50. The van der Waals surface area contributed by atoms with Crippen molar-refractivity contribution in [1.82, 2.24) is 0 Å². The van der Waals surface area contributed by atoms with Crippen molar-refractivity contribution in [2.45, 2.75) is 13.3 Å². The molecule has 1 heterocycles. The van der Waals surface area contributed by atoms with Gasteiger partial charge < -0.3 is 5.73 Å². The number of thiocarbonyl (C=S) groups is 1. The van der Waals surface area contributed by atoms with Gasteiger partial charge in [0, 0.05) is 13.0 Å². The van der Waals surface area contributed by atoms with Gasteiger partial charge in [-0.25, -0.2) is 8.42 Å². The highest BCUT2D eigenvalue weighted by Crippen LogP contribution is 2.26. The summed E-state index contributed by atoms with van der Waals surface area (Å²) in [6.07, 6.45) is 0.540. The normalized spacial score (nSPS) is 22.1. The molecule has 98 valence electrons. The molecule has 1 unspecified atom stereocenters. The molecule has 1 aliphatic heterocycles. The molecule has 0 aromatic heterocycles. The monoisotopic (exact) mass is 284 g/mol. The van der Waals surface area contributed by atoms with Crippen LogP contribution in [0.1, 0.15) is 12.5 Å². The van der Waals surface area contributed by atoms with Crippen molar-refractivity contribution in [3.63, 3.8) is 0 Å². The second-order valence-corrected chi connectivity index (χ2v) is 7.19. The topological polar surface area (TPSA) is 63.4 Å². The third kappa shape index (κ3) is 2.81. The van der Waals surface area contributed by atoms with Crippen molar-refractivity contribution in [3.05, 3.63) is 29.8 Å². The number of nitrogens with zero attached hydrogens (tertiary/aromatic N) is 1. The highest BCUT2D eigenvalue weighted by Gasteiger charge is 2.33. The first-order valence-electron chi connectivity index (χ1n) is 5.76. The maximum absolute atomic E-state index is 11.9. The number of nitrogens with two attached hydrogens (primary N) is 1. The Balaban J connectivity index is 2.22. The van der Waals surface area contributed by atoms with E-state index in [0.717, 1.165) is 5.56 Å². The number of rotatable bonds is 3. The summed E-state index contributed by atoms with van der Waals surface area (Å²) < 4.78 is 25.3. The Hall–Kier alpha value is -1.14. The molecule has 1 fully saturated rings. The first-order chi connectivity index (χ1) is 8.38. The summed E-state index contributed by atoms with van der Waals surface area (Å²) in [6, 6.07) is 7.35. The van der Waals surface area contributed by atoms with Crippen LogP contribution in [0.15, 0.2) is 24.3 Å². The van der Waals surface area contributed by atoms with Crippen LogP contribution in [-0.4, -0.2) is 25.7 Å². The van der Waals surface area contributed by atoms with Gasteiger partial charge in [-0.3, -0.25) is 4.31 Å². The Morgan fingerprint density at radius 1 is 1.44 bits per heavy atom. The van der Waals surface area contributed by atoms with Gasteiger partial charge >= 0.3 is 0 Å². The van der Waals surface area contributed by atoms with E-state index in [4.69, 9.17) is 18.0 Å². The Morgan fingerprint density at radius 3 is 2.50 bits per heavy atom. The van der Waals surface area contributed by atoms with Crippen molar-refractivity contribution in [2.24, 2.45) is 11.7 Å². The molecule has 1 aromatic carbocycles. The maximum Gasteiger partial charge on any atom is 0.235 e. The average molecular weight is 284 g/mol. The smallest absolute Gasteiger partial charge is 0.235 e. The van der Waals surface area contributed by atoms with Crippen LogP contribution in [0.2, 0.25) is 0 Å². The van der Waals surface area contributed by atoms with Crippen molar-refractivity contribution in [1.29, 1.82) is 0 Å². The van der Waals surface area contributed by atoms with E-state index in [9.17, 15) is 8.42 Å². The van der Waals surface area contributed by atoms with Gasteiger partial charge in [0.2, 0.25) is 10.0 Å². The van der Waals surface area contributed by atoms with Gasteiger partial charge in [-0.2, -0.15) is 0 Å². The number of hydrogen-bond acceptors (Lipinski definition) is 3. The van der Waals surface area contributed by atoms with Gasteiger partial charge in [0.05, 0.1) is 16.4 Å². The predicted molar refractivity (Wildman–Crippen MR) is 77.2 cm³/mol. The molecule has 0 bridgehead atoms. The third-order valence-electron chi connectivity index (χ3n) is 2.91. The molecule has 6 heteroatoms. The Labute approximate surface area is 113 Å². The molecular formula is C12H16N2O2S2. The van der Waals surface area contributed by atoms with Gasteiger partial charge in [-0.05, 0) is 23.6 Å². The summed E-state index contributed by atoms with van der Waals surface area (Å²) in [4.78, 5) is 0.435. The SMILES string of the molecule is CC1CN(c2ccc(CC(N)=S)cc2)S(=O)(=O)C1. The van der Waals surface area contributed by atoms with E-state index < -0.39 is 10.0 Å². The molecule has 0 radical (unpaired) electrons. The second-order valence-electron chi connectivity index (χ2n) is 4.72. The van der Waals surface area contributed by atoms with Gasteiger partial charge in [0.1, 0.15) is 0 Å². The fraction of sp³-hybridized carbons (Fsp3) is 0.417. The first-order valence-corrected chi connectivity index (χ1v) is 7.78. The van der Waals surface area contributed by atoms with Crippen molar-refractivity contribution >= 4 is 32.9 Å². The highest BCUT2D eigenvalue weighted by atomic mass is 32.2. The summed E-state index contributed by atoms with van der Waals surface area (Å²) in [5.41, 5.74) is 7.18. The zero-order valence-electron chi connectivity index (χ0n) is 10.2. The first kappa shape index (κ1) is 13.3. The van der Waals surface area contributed by atoms with E-state index in [1.54, 1.807) is 0 Å². The zero-order chi connectivity index (χ0) is 13.3. The van der Waals surface area contributed by atoms with E-state index in [0.29, 0.717) is 23.6 Å². The quantitative estimate of drug-likeness (QED) is 0.850. The van der Waals surface area contributed by atoms with Crippen LogP contribution in [0.4, 0.5) is 5.69 Å². The fourth-order valence-corrected chi connectivity index (χ4v) is 4.24. The van der Waals surface area contributed by atoms with Crippen LogP contribution in [0.3, 0.4) is 0 Å². The lowest BCUT2D eigenvalue weighted by molar-refractivity contribution is 0.598. The van der Waals surface area contributed by atoms with Gasteiger partial charge in [0.15, 0.2) is 0 Å². The zero-order valence-corrected chi connectivity index (χ0v) is 11.8. The van der Waals surface area contributed by atoms with E-state index in [-0.39, 0.29) is 11.7 Å². The maximum atomic E-state index is 11.9. The van der Waals surface area contributed by atoms with Crippen LogP contribution in [0, 0.1) is 5.92 Å². The summed E-state index contributed by atoms with van der Waals surface area (Å²) in [5.74, 6) is 0.396. The van der Waals surface area contributed by atoms with Gasteiger partial charge in [0.25, 0.3) is 0 Å². The molecule has 1 saturated heterocycles. The minimum Gasteiger partial charge on any atom is -0.393 e. The van der Waals surface area contributed by atoms with E-state index in [1.807, 2.05) is 31.2 Å². The van der Waals surface area contributed by atoms with Crippen LogP contribution >= 0.6 is 12.2 Å². The minimum absolute atomic E-state index is 0.172. The molecule has 0 amide bonds. The lowest BCUT2D eigenvalue weighted by atomic mass is 10.1. The molecule has 4 nitrogen and oxygen atoms in total. The third-order valence-corrected chi connectivity index (χ3v) is 5.08. The average Bonchev–Trinajstić information content (AvgIpc) is 2.52. The molecule has 0 aliphatic carbocycles. The largest absolute Gasteiger partial charge is 0.393 e. The number of benzene rings is 1. The van der Waals surface area contributed by atoms with Crippen molar-refractivity contribution in [3.8, 4) is 0 Å². The molecule has 1 aromatic rings. The van der Waals surface area contributed by atoms with Crippen LogP contribution in [0.25, 0.3) is 0 Å². The molecular weight excluding hydrogens is 268 g/mol. The molecule has 1 atom stereocenters. The Bertz CT molecular complexity index is 552. The fourth-order valence-electron chi connectivity index (χ4n) is 2.15. The van der Waals surface area contributed by atoms with Crippen LogP contribution in [0.5, 0.6) is 0 Å². The number of hydrogen-bond donors (Lipinski definition) is 1. The Kier molecular flexibility index (Phi) is 3.59. The predicted octanol–water partition coefficient (Wildman–Crippen LogP) is 1.30. The van der Waals surface area contributed by atoms with Crippen molar-refractivity contribution < 1.29 is 8.42 Å².